The number of hydrogen-bond donors (Lipinski definition) is 1. The predicted molar refractivity (Wildman–Crippen MR) is 68.0 cm³/mol. The van der Waals surface area contributed by atoms with Crippen molar-refractivity contribution in [3.8, 4) is 5.75 Å². The fourth-order valence-corrected chi connectivity index (χ4v) is 1.63. The van der Waals surface area contributed by atoms with Gasteiger partial charge in [0.1, 0.15) is 5.75 Å². The lowest BCUT2D eigenvalue weighted by atomic mass is 10.2. The van der Waals surface area contributed by atoms with Crippen molar-refractivity contribution in [2.75, 3.05) is 26.7 Å². The fraction of sp³-hybridized carbons (Fsp3) is 0.538. The number of ether oxygens (including phenoxy) is 1. The van der Waals surface area contributed by atoms with Gasteiger partial charge in [-0.2, -0.15) is 0 Å². The van der Waals surface area contributed by atoms with Crippen molar-refractivity contribution in [3.05, 3.63) is 29.8 Å². The van der Waals surface area contributed by atoms with Crippen LogP contribution in [-0.2, 0) is 6.54 Å². The first-order chi connectivity index (χ1) is 8.90. The van der Waals surface area contributed by atoms with E-state index < -0.39 is 6.36 Å². The molecule has 0 heterocycles. The van der Waals surface area contributed by atoms with Crippen LogP contribution in [0, 0.1) is 0 Å². The standard InChI is InChI=1S/C13H19F3N2O/c1-3-17-8-9-18(2)10-11-4-6-12(7-5-11)19-13(14,15)16/h4-7,17H,3,8-10H2,1-2H3. The molecule has 3 nitrogen and oxygen atoms in total. The van der Waals surface area contributed by atoms with Gasteiger partial charge in [0, 0.05) is 19.6 Å². The summed E-state index contributed by atoms with van der Waals surface area (Å²) < 4.78 is 39.8. The van der Waals surface area contributed by atoms with E-state index in [1.165, 1.54) is 12.1 Å². The Kier molecular flexibility index (Phi) is 6.11. The van der Waals surface area contributed by atoms with E-state index in [0.29, 0.717) is 6.54 Å². The molecule has 0 saturated carbocycles. The monoisotopic (exact) mass is 276 g/mol. The summed E-state index contributed by atoms with van der Waals surface area (Å²) in [6.45, 7) is 5.44. The molecule has 0 aliphatic carbocycles. The zero-order chi connectivity index (χ0) is 14.3. The van der Waals surface area contributed by atoms with E-state index in [0.717, 1.165) is 25.2 Å². The quantitative estimate of drug-likeness (QED) is 0.775. The number of benzene rings is 1. The van der Waals surface area contributed by atoms with Gasteiger partial charge in [0.2, 0.25) is 0 Å². The topological polar surface area (TPSA) is 24.5 Å². The van der Waals surface area contributed by atoms with Gasteiger partial charge in [-0.05, 0) is 31.3 Å². The maximum absolute atomic E-state index is 12.0. The Labute approximate surface area is 111 Å². The number of halogens is 3. The minimum Gasteiger partial charge on any atom is -0.406 e. The molecule has 0 aliphatic rings. The molecule has 108 valence electrons. The molecule has 0 fully saturated rings. The Bertz CT molecular complexity index is 365. The summed E-state index contributed by atoms with van der Waals surface area (Å²) >= 11 is 0. The smallest absolute Gasteiger partial charge is 0.406 e. The molecule has 0 aliphatic heterocycles. The number of hydrogen-bond acceptors (Lipinski definition) is 3. The normalized spacial score (nSPS) is 11.9. The second-order valence-corrected chi connectivity index (χ2v) is 4.28. The molecular formula is C13H19F3N2O. The van der Waals surface area contributed by atoms with Crippen LogP contribution in [0.5, 0.6) is 5.75 Å². The lowest BCUT2D eigenvalue weighted by Gasteiger charge is -2.17. The SMILES string of the molecule is CCNCCN(C)Cc1ccc(OC(F)(F)F)cc1. The van der Waals surface area contributed by atoms with Crippen LogP contribution < -0.4 is 10.1 Å². The van der Waals surface area contributed by atoms with E-state index in [-0.39, 0.29) is 5.75 Å². The molecule has 0 aromatic heterocycles. The Balaban J connectivity index is 2.43. The third kappa shape index (κ3) is 7.03. The number of alkyl halides is 3. The number of rotatable bonds is 7. The summed E-state index contributed by atoms with van der Waals surface area (Å²) in [6, 6.07) is 5.96. The molecule has 0 amide bonds. The van der Waals surface area contributed by atoms with E-state index in [1.54, 1.807) is 12.1 Å². The van der Waals surface area contributed by atoms with Crippen molar-refractivity contribution in [1.82, 2.24) is 10.2 Å². The van der Waals surface area contributed by atoms with Crippen molar-refractivity contribution in [1.29, 1.82) is 0 Å². The highest BCUT2D eigenvalue weighted by Crippen LogP contribution is 2.22. The molecule has 0 bridgehead atoms. The van der Waals surface area contributed by atoms with Crippen LogP contribution in [-0.4, -0.2) is 37.9 Å². The average molecular weight is 276 g/mol. The number of nitrogens with zero attached hydrogens (tertiary/aromatic N) is 1. The summed E-state index contributed by atoms with van der Waals surface area (Å²) in [5.74, 6) is -0.188. The van der Waals surface area contributed by atoms with Crippen molar-refractivity contribution < 1.29 is 17.9 Å². The van der Waals surface area contributed by atoms with E-state index in [2.05, 4.69) is 15.0 Å². The van der Waals surface area contributed by atoms with E-state index >= 15 is 0 Å². The summed E-state index contributed by atoms with van der Waals surface area (Å²) in [4.78, 5) is 2.10. The maximum atomic E-state index is 12.0. The van der Waals surface area contributed by atoms with Crippen LogP contribution in [0.15, 0.2) is 24.3 Å². The first kappa shape index (κ1) is 15.8. The highest BCUT2D eigenvalue weighted by Gasteiger charge is 2.30. The third-order valence-corrected chi connectivity index (χ3v) is 2.53. The zero-order valence-electron chi connectivity index (χ0n) is 11.1. The molecule has 1 aromatic rings. The minimum absolute atomic E-state index is 0.188. The van der Waals surface area contributed by atoms with E-state index in [9.17, 15) is 13.2 Å². The second-order valence-electron chi connectivity index (χ2n) is 4.28. The van der Waals surface area contributed by atoms with Crippen molar-refractivity contribution in [2.24, 2.45) is 0 Å². The Hall–Kier alpha value is -1.27. The zero-order valence-corrected chi connectivity index (χ0v) is 11.1. The number of likely N-dealkylation sites (N-methyl/N-ethyl adjacent to an activating group) is 2. The lowest BCUT2D eigenvalue weighted by Crippen LogP contribution is -2.28. The Morgan fingerprint density at radius 1 is 1.21 bits per heavy atom. The van der Waals surface area contributed by atoms with Crippen LogP contribution in [0.3, 0.4) is 0 Å². The van der Waals surface area contributed by atoms with Crippen LogP contribution in [0.25, 0.3) is 0 Å². The van der Waals surface area contributed by atoms with Gasteiger partial charge in [-0.3, -0.25) is 0 Å². The maximum Gasteiger partial charge on any atom is 0.573 e. The lowest BCUT2D eigenvalue weighted by molar-refractivity contribution is -0.274. The van der Waals surface area contributed by atoms with Crippen LogP contribution >= 0.6 is 0 Å². The van der Waals surface area contributed by atoms with Gasteiger partial charge in [0.25, 0.3) is 0 Å². The fourth-order valence-electron chi connectivity index (χ4n) is 1.63. The molecule has 0 saturated heterocycles. The van der Waals surface area contributed by atoms with Crippen LogP contribution in [0.1, 0.15) is 12.5 Å². The predicted octanol–water partition coefficient (Wildman–Crippen LogP) is 2.63. The third-order valence-electron chi connectivity index (χ3n) is 2.53. The summed E-state index contributed by atoms with van der Waals surface area (Å²) in [7, 11) is 1.97. The van der Waals surface area contributed by atoms with Gasteiger partial charge in [0.05, 0.1) is 0 Å². The summed E-state index contributed by atoms with van der Waals surface area (Å²) in [5.41, 5.74) is 0.952. The Morgan fingerprint density at radius 2 is 1.84 bits per heavy atom. The van der Waals surface area contributed by atoms with Gasteiger partial charge < -0.3 is 15.0 Å². The molecule has 1 aromatic carbocycles. The molecule has 19 heavy (non-hydrogen) atoms. The van der Waals surface area contributed by atoms with Crippen molar-refractivity contribution in [3.63, 3.8) is 0 Å². The molecule has 0 unspecified atom stereocenters. The van der Waals surface area contributed by atoms with Gasteiger partial charge >= 0.3 is 6.36 Å². The van der Waals surface area contributed by atoms with Gasteiger partial charge in [-0.15, -0.1) is 13.2 Å². The van der Waals surface area contributed by atoms with E-state index in [1.807, 2.05) is 14.0 Å². The van der Waals surface area contributed by atoms with Crippen LogP contribution in [0.4, 0.5) is 13.2 Å². The van der Waals surface area contributed by atoms with E-state index in [4.69, 9.17) is 0 Å². The highest BCUT2D eigenvalue weighted by molar-refractivity contribution is 5.27. The molecule has 6 heteroatoms. The largest absolute Gasteiger partial charge is 0.573 e. The highest BCUT2D eigenvalue weighted by atomic mass is 19.4. The molecule has 0 spiro atoms. The molecular weight excluding hydrogens is 257 g/mol. The first-order valence-corrected chi connectivity index (χ1v) is 6.14. The summed E-state index contributed by atoms with van der Waals surface area (Å²) in [5, 5.41) is 3.21. The van der Waals surface area contributed by atoms with Gasteiger partial charge in [0.15, 0.2) is 0 Å². The number of nitrogens with one attached hydrogen (secondary N) is 1. The van der Waals surface area contributed by atoms with Crippen LogP contribution in [0.2, 0.25) is 0 Å². The molecule has 0 atom stereocenters. The minimum atomic E-state index is -4.63. The van der Waals surface area contributed by atoms with Gasteiger partial charge in [-0.1, -0.05) is 19.1 Å². The average Bonchev–Trinajstić information content (AvgIpc) is 2.30. The Morgan fingerprint density at radius 3 is 2.37 bits per heavy atom. The molecule has 0 radical (unpaired) electrons. The second kappa shape index (κ2) is 7.35. The summed E-state index contributed by atoms with van der Waals surface area (Å²) in [6.07, 6.45) is -4.63. The molecule has 1 N–H and O–H groups in total. The first-order valence-electron chi connectivity index (χ1n) is 6.14. The van der Waals surface area contributed by atoms with Crippen molar-refractivity contribution in [2.45, 2.75) is 19.8 Å². The molecule has 1 rings (SSSR count). The van der Waals surface area contributed by atoms with Gasteiger partial charge in [-0.25, -0.2) is 0 Å². The van der Waals surface area contributed by atoms with Crippen molar-refractivity contribution >= 4 is 0 Å².